The van der Waals surface area contributed by atoms with Crippen molar-refractivity contribution >= 4 is 5.96 Å². The van der Waals surface area contributed by atoms with Gasteiger partial charge in [-0.2, -0.15) is 0 Å². The van der Waals surface area contributed by atoms with Crippen molar-refractivity contribution in [2.75, 3.05) is 34.5 Å². The van der Waals surface area contributed by atoms with E-state index in [-0.39, 0.29) is 6.04 Å². The van der Waals surface area contributed by atoms with E-state index < -0.39 is 0 Å². The number of ether oxygens (including phenoxy) is 3. The molecule has 0 spiro atoms. The number of rotatable bonds is 8. The summed E-state index contributed by atoms with van der Waals surface area (Å²) in [6.07, 6.45) is 0.724. The van der Waals surface area contributed by atoms with Gasteiger partial charge in [0, 0.05) is 19.7 Å². The molecule has 0 amide bonds. The Labute approximate surface area is 126 Å². The fourth-order valence-corrected chi connectivity index (χ4v) is 1.96. The number of nitrogens with zero attached hydrogens (tertiary/aromatic N) is 1. The fraction of sp³-hybridized carbons (Fsp3) is 0.533. The molecule has 6 heteroatoms. The molecule has 0 bridgehead atoms. The van der Waals surface area contributed by atoms with Crippen LogP contribution in [0.15, 0.2) is 23.2 Å². The van der Waals surface area contributed by atoms with Crippen LogP contribution < -0.4 is 20.5 Å². The Morgan fingerprint density at radius 2 is 2.05 bits per heavy atom. The second-order valence-corrected chi connectivity index (χ2v) is 4.70. The topological polar surface area (TPSA) is 78.1 Å². The molecule has 1 aromatic rings. The van der Waals surface area contributed by atoms with E-state index in [2.05, 4.69) is 10.3 Å². The van der Waals surface area contributed by atoms with Crippen molar-refractivity contribution in [3.8, 4) is 11.5 Å². The highest BCUT2D eigenvalue weighted by Crippen LogP contribution is 2.24. The van der Waals surface area contributed by atoms with Crippen LogP contribution in [-0.4, -0.2) is 46.5 Å². The van der Waals surface area contributed by atoms with Gasteiger partial charge in [0.2, 0.25) is 0 Å². The summed E-state index contributed by atoms with van der Waals surface area (Å²) in [7, 11) is 4.94. The minimum absolute atomic E-state index is 0.130. The van der Waals surface area contributed by atoms with Gasteiger partial charge in [-0.15, -0.1) is 0 Å². The normalized spacial score (nSPS) is 12.9. The van der Waals surface area contributed by atoms with E-state index in [1.54, 1.807) is 21.3 Å². The largest absolute Gasteiger partial charge is 0.497 e. The molecule has 1 rings (SSSR count). The van der Waals surface area contributed by atoms with Crippen molar-refractivity contribution in [1.29, 1.82) is 0 Å². The molecule has 0 fully saturated rings. The maximum absolute atomic E-state index is 5.82. The van der Waals surface area contributed by atoms with Gasteiger partial charge >= 0.3 is 0 Å². The monoisotopic (exact) mass is 295 g/mol. The number of methoxy groups -OCH3 is 3. The van der Waals surface area contributed by atoms with Crippen LogP contribution in [0.25, 0.3) is 0 Å². The lowest BCUT2D eigenvalue weighted by atomic mass is 10.1. The zero-order chi connectivity index (χ0) is 15.7. The van der Waals surface area contributed by atoms with Crippen LogP contribution in [0.2, 0.25) is 0 Å². The summed E-state index contributed by atoms with van der Waals surface area (Å²) in [4.78, 5) is 4.30. The zero-order valence-corrected chi connectivity index (χ0v) is 13.2. The molecule has 0 radical (unpaired) electrons. The number of hydrogen-bond donors (Lipinski definition) is 2. The molecule has 0 aliphatic carbocycles. The minimum Gasteiger partial charge on any atom is -0.497 e. The van der Waals surface area contributed by atoms with Gasteiger partial charge in [0.25, 0.3) is 0 Å². The maximum Gasteiger partial charge on any atom is 0.188 e. The molecule has 1 unspecified atom stereocenters. The third-order valence-electron chi connectivity index (χ3n) is 2.96. The Bertz CT molecular complexity index is 463. The molecule has 0 aromatic heterocycles. The number of hydrogen-bond acceptors (Lipinski definition) is 4. The Morgan fingerprint density at radius 1 is 1.29 bits per heavy atom. The van der Waals surface area contributed by atoms with Gasteiger partial charge in [-0.3, -0.25) is 4.99 Å². The van der Waals surface area contributed by atoms with Gasteiger partial charge in [0.05, 0.1) is 20.8 Å². The number of benzene rings is 1. The standard InChI is InChI=1S/C15H25N3O3/c1-11(10-19-2)18-15(16)17-8-7-12-9-13(20-3)5-6-14(12)21-4/h5-6,9,11H,7-8,10H2,1-4H3,(H3,16,17,18). The van der Waals surface area contributed by atoms with Crippen LogP contribution in [0.5, 0.6) is 11.5 Å². The summed E-state index contributed by atoms with van der Waals surface area (Å²) >= 11 is 0. The van der Waals surface area contributed by atoms with E-state index in [9.17, 15) is 0 Å². The van der Waals surface area contributed by atoms with Crippen molar-refractivity contribution in [3.63, 3.8) is 0 Å². The Balaban J connectivity index is 2.58. The van der Waals surface area contributed by atoms with E-state index in [0.717, 1.165) is 23.5 Å². The second kappa shape index (κ2) is 9.07. The zero-order valence-electron chi connectivity index (χ0n) is 13.2. The highest BCUT2D eigenvalue weighted by atomic mass is 16.5. The van der Waals surface area contributed by atoms with Crippen LogP contribution in [0.4, 0.5) is 0 Å². The molecule has 0 saturated carbocycles. The second-order valence-electron chi connectivity index (χ2n) is 4.70. The van der Waals surface area contributed by atoms with Gasteiger partial charge in [-0.25, -0.2) is 0 Å². The van der Waals surface area contributed by atoms with Gasteiger partial charge in [0.15, 0.2) is 5.96 Å². The molecule has 6 nitrogen and oxygen atoms in total. The number of guanidine groups is 1. The maximum atomic E-state index is 5.82. The predicted octanol–water partition coefficient (Wildman–Crippen LogP) is 1.19. The first kappa shape index (κ1) is 17.1. The molecule has 0 saturated heterocycles. The molecule has 21 heavy (non-hydrogen) atoms. The van der Waals surface area contributed by atoms with Gasteiger partial charge in [-0.05, 0) is 37.1 Å². The Kier molecular flexibility index (Phi) is 7.39. The third-order valence-corrected chi connectivity index (χ3v) is 2.96. The van der Waals surface area contributed by atoms with Gasteiger partial charge < -0.3 is 25.3 Å². The average molecular weight is 295 g/mol. The average Bonchev–Trinajstić information content (AvgIpc) is 2.47. The van der Waals surface area contributed by atoms with E-state index in [4.69, 9.17) is 19.9 Å². The summed E-state index contributed by atoms with van der Waals surface area (Å²) in [6.45, 7) is 3.14. The van der Waals surface area contributed by atoms with Crippen LogP contribution in [0.1, 0.15) is 12.5 Å². The first-order chi connectivity index (χ1) is 10.1. The molecule has 0 heterocycles. The first-order valence-corrected chi connectivity index (χ1v) is 6.87. The molecule has 3 N–H and O–H groups in total. The summed E-state index contributed by atoms with van der Waals surface area (Å²) < 4.78 is 15.6. The molecule has 0 aliphatic rings. The molecular formula is C15H25N3O3. The highest BCUT2D eigenvalue weighted by molar-refractivity contribution is 5.78. The van der Waals surface area contributed by atoms with Gasteiger partial charge in [0.1, 0.15) is 11.5 Å². The number of nitrogens with one attached hydrogen (secondary N) is 1. The van der Waals surface area contributed by atoms with E-state index in [1.165, 1.54) is 0 Å². The SMILES string of the molecule is COCC(C)NC(N)=NCCc1cc(OC)ccc1OC. The lowest BCUT2D eigenvalue weighted by Crippen LogP contribution is -2.40. The van der Waals surface area contributed by atoms with Crippen LogP contribution in [0, 0.1) is 0 Å². The minimum atomic E-state index is 0.130. The smallest absolute Gasteiger partial charge is 0.188 e. The van der Waals surface area contributed by atoms with Crippen molar-refractivity contribution in [3.05, 3.63) is 23.8 Å². The third kappa shape index (κ3) is 5.91. The van der Waals surface area contributed by atoms with E-state index in [0.29, 0.717) is 19.1 Å². The van der Waals surface area contributed by atoms with Crippen molar-refractivity contribution < 1.29 is 14.2 Å². The quantitative estimate of drug-likeness (QED) is 0.556. The number of aliphatic imine (C=N–C) groups is 1. The molecule has 0 aliphatic heterocycles. The summed E-state index contributed by atoms with van der Waals surface area (Å²) in [5.41, 5.74) is 6.86. The van der Waals surface area contributed by atoms with E-state index >= 15 is 0 Å². The fourth-order valence-electron chi connectivity index (χ4n) is 1.96. The van der Waals surface area contributed by atoms with Crippen molar-refractivity contribution in [2.24, 2.45) is 10.7 Å². The van der Waals surface area contributed by atoms with E-state index in [1.807, 2.05) is 25.1 Å². The lowest BCUT2D eigenvalue weighted by molar-refractivity contribution is 0.179. The van der Waals surface area contributed by atoms with Crippen molar-refractivity contribution in [2.45, 2.75) is 19.4 Å². The summed E-state index contributed by atoms with van der Waals surface area (Å²) in [5.74, 6) is 2.04. The molecule has 1 aromatic carbocycles. The predicted molar refractivity (Wildman–Crippen MR) is 84.2 cm³/mol. The summed E-state index contributed by atoms with van der Waals surface area (Å²) in [5, 5.41) is 3.07. The first-order valence-electron chi connectivity index (χ1n) is 6.87. The van der Waals surface area contributed by atoms with Gasteiger partial charge in [-0.1, -0.05) is 0 Å². The Hall–Kier alpha value is -1.95. The highest BCUT2D eigenvalue weighted by Gasteiger charge is 2.05. The van der Waals surface area contributed by atoms with Crippen molar-refractivity contribution in [1.82, 2.24) is 5.32 Å². The molecule has 1 atom stereocenters. The Morgan fingerprint density at radius 3 is 2.67 bits per heavy atom. The van der Waals surface area contributed by atoms with Crippen LogP contribution >= 0.6 is 0 Å². The lowest BCUT2D eigenvalue weighted by Gasteiger charge is -2.13. The molecule has 118 valence electrons. The van der Waals surface area contributed by atoms with Crippen LogP contribution in [0.3, 0.4) is 0 Å². The molecular weight excluding hydrogens is 270 g/mol. The summed E-state index contributed by atoms with van der Waals surface area (Å²) in [6, 6.07) is 5.84. The number of nitrogens with two attached hydrogens (primary N) is 1. The van der Waals surface area contributed by atoms with Crippen LogP contribution in [-0.2, 0) is 11.2 Å².